The Bertz CT molecular complexity index is 372. The second-order valence-corrected chi connectivity index (χ2v) is 5.83. The Balaban J connectivity index is 0.00000242. The number of carbonyl (C=O) groups excluding carboxylic acids is 2. The molecule has 8 heteroatoms. The third-order valence-electron chi connectivity index (χ3n) is 4.02. The fourth-order valence-electron chi connectivity index (χ4n) is 2.79. The van der Waals surface area contributed by atoms with E-state index in [2.05, 4.69) is 10.6 Å². The average Bonchev–Trinajstić information content (AvgIpc) is 2.66. The summed E-state index contributed by atoms with van der Waals surface area (Å²) in [5.74, 6) is -3.23. The molecule has 2 rings (SSSR count). The number of likely N-dealkylation sites (tertiary alicyclic amines) is 1. The van der Waals surface area contributed by atoms with Crippen LogP contribution in [0.5, 0.6) is 0 Å². The fourth-order valence-corrected chi connectivity index (χ4v) is 2.79. The summed E-state index contributed by atoms with van der Waals surface area (Å²) in [5, 5.41) is 5.06. The Kier molecular flexibility index (Phi) is 7.48. The van der Waals surface area contributed by atoms with Gasteiger partial charge in [0.25, 0.3) is 5.92 Å². The van der Waals surface area contributed by atoms with Gasteiger partial charge < -0.3 is 10.2 Å². The number of nitrogens with one attached hydrogen (secondary N) is 2. The number of carbonyl (C=O) groups is 2. The number of nitrogens with zero attached hydrogens (tertiary/aromatic N) is 1. The zero-order valence-electron chi connectivity index (χ0n) is 12.6. The van der Waals surface area contributed by atoms with Gasteiger partial charge in [-0.05, 0) is 12.8 Å². The number of rotatable bonds is 4. The lowest BCUT2D eigenvalue weighted by molar-refractivity contribution is -0.131. The molecule has 0 aromatic carbocycles. The zero-order valence-corrected chi connectivity index (χ0v) is 13.4. The van der Waals surface area contributed by atoms with Gasteiger partial charge in [-0.25, -0.2) is 8.78 Å². The maximum Gasteiger partial charge on any atom is 0.262 e. The molecular formula is C14H24ClF2N3O2. The van der Waals surface area contributed by atoms with Gasteiger partial charge in [-0.2, -0.15) is 0 Å². The van der Waals surface area contributed by atoms with Crippen LogP contribution in [0, 0.1) is 0 Å². The smallest absolute Gasteiger partial charge is 0.262 e. The lowest BCUT2D eigenvalue weighted by Gasteiger charge is -2.20. The van der Waals surface area contributed by atoms with Crippen molar-refractivity contribution in [3.8, 4) is 0 Å². The van der Waals surface area contributed by atoms with Crippen molar-refractivity contribution in [2.24, 2.45) is 0 Å². The van der Waals surface area contributed by atoms with Gasteiger partial charge in [0.1, 0.15) is 0 Å². The van der Waals surface area contributed by atoms with Crippen LogP contribution < -0.4 is 10.6 Å². The molecular weight excluding hydrogens is 316 g/mol. The van der Waals surface area contributed by atoms with Crippen LogP contribution in [0.25, 0.3) is 0 Å². The third-order valence-corrected chi connectivity index (χ3v) is 4.02. The van der Waals surface area contributed by atoms with Crippen molar-refractivity contribution in [3.05, 3.63) is 0 Å². The van der Waals surface area contributed by atoms with Gasteiger partial charge in [-0.3, -0.25) is 14.9 Å². The summed E-state index contributed by atoms with van der Waals surface area (Å²) in [6.07, 6.45) is 4.12. The summed E-state index contributed by atoms with van der Waals surface area (Å²) in [6, 6.07) is -0.853. The van der Waals surface area contributed by atoms with Crippen molar-refractivity contribution < 1.29 is 18.4 Å². The second-order valence-electron chi connectivity index (χ2n) is 5.83. The Morgan fingerprint density at radius 2 is 1.82 bits per heavy atom. The normalized spacial score (nSPS) is 24.3. The first-order chi connectivity index (χ1) is 9.98. The largest absolute Gasteiger partial charge is 0.354 e. The molecule has 2 amide bonds. The predicted octanol–water partition coefficient (Wildman–Crippen LogP) is 1.31. The molecule has 1 unspecified atom stereocenters. The van der Waals surface area contributed by atoms with Crippen molar-refractivity contribution in [3.63, 3.8) is 0 Å². The average molecular weight is 340 g/mol. The van der Waals surface area contributed by atoms with E-state index >= 15 is 0 Å². The molecule has 0 spiro atoms. The maximum absolute atomic E-state index is 13.0. The highest BCUT2D eigenvalue weighted by Crippen LogP contribution is 2.24. The van der Waals surface area contributed by atoms with Crippen LogP contribution in [0.1, 0.15) is 38.5 Å². The van der Waals surface area contributed by atoms with E-state index in [1.807, 2.05) is 4.90 Å². The molecule has 0 aromatic heterocycles. The molecule has 128 valence electrons. The molecule has 2 aliphatic rings. The van der Waals surface area contributed by atoms with Crippen molar-refractivity contribution in [1.82, 2.24) is 15.5 Å². The molecule has 0 saturated carbocycles. The number of hydrogen-bond donors (Lipinski definition) is 2. The zero-order chi connectivity index (χ0) is 15.3. The summed E-state index contributed by atoms with van der Waals surface area (Å²) in [4.78, 5) is 25.5. The van der Waals surface area contributed by atoms with Gasteiger partial charge in [-0.15, -0.1) is 12.4 Å². The highest BCUT2D eigenvalue weighted by Gasteiger charge is 2.42. The minimum Gasteiger partial charge on any atom is -0.354 e. The van der Waals surface area contributed by atoms with Crippen LogP contribution in [0.15, 0.2) is 0 Å². The first-order valence-corrected chi connectivity index (χ1v) is 7.65. The molecule has 5 nitrogen and oxygen atoms in total. The molecule has 2 fully saturated rings. The van der Waals surface area contributed by atoms with E-state index in [9.17, 15) is 18.4 Å². The molecule has 22 heavy (non-hydrogen) atoms. The Morgan fingerprint density at radius 3 is 2.36 bits per heavy atom. The van der Waals surface area contributed by atoms with Gasteiger partial charge in [0.15, 0.2) is 0 Å². The Morgan fingerprint density at radius 1 is 1.18 bits per heavy atom. The summed E-state index contributed by atoms with van der Waals surface area (Å²) in [6.45, 7) is 1.31. The number of amides is 2. The number of hydrogen-bond acceptors (Lipinski definition) is 3. The fraction of sp³-hybridized carbons (Fsp3) is 0.857. The van der Waals surface area contributed by atoms with E-state index in [0.29, 0.717) is 0 Å². The lowest BCUT2D eigenvalue weighted by atomic mass is 10.2. The highest BCUT2D eigenvalue weighted by atomic mass is 35.5. The van der Waals surface area contributed by atoms with E-state index in [0.717, 1.165) is 38.8 Å². The standard InChI is InChI=1S/C14H23F2N3O2.ClH/c15-14(16)9-11(18-10-14)13(21)17-6-5-12(20)19-7-3-1-2-4-8-19;/h11,18H,1-10H2,(H,17,21);1H. The van der Waals surface area contributed by atoms with E-state index in [1.54, 1.807) is 0 Å². The van der Waals surface area contributed by atoms with Crippen LogP contribution in [-0.2, 0) is 9.59 Å². The molecule has 0 aliphatic carbocycles. The van der Waals surface area contributed by atoms with Crippen molar-refractivity contribution in [1.29, 1.82) is 0 Å². The lowest BCUT2D eigenvalue weighted by Crippen LogP contribution is -2.42. The number of halogens is 3. The van der Waals surface area contributed by atoms with Gasteiger partial charge in [0.2, 0.25) is 11.8 Å². The molecule has 2 saturated heterocycles. The molecule has 2 heterocycles. The predicted molar refractivity (Wildman–Crippen MR) is 81.3 cm³/mol. The van der Waals surface area contributed by atoms with E-state index in [-0.39, 0.29) is 31.3 Å². The van der Waals surface area contributed by atoms with E-state index < -0.39 is 30.8 Å². The van der Waals surface area contributed by atoms with Gasteiger partial charge in [-0.1, -0.05) is 12.8 Å². The number of alkyl halides is 2. The molecule has 0 radical (unpaired) electrons. The first-order valence-electron chi connectivity index (χ1n) is 7.65. The summed E-state index contributed by atoms with van der Waals surface area (Å²) in [7, 11) is 0. The van der Waals surface area contributed by atoms with E-state index in [4.69, 9.17) is 0 Å². The maximum atomic E-state index is 13.0. The molecule has 0 aromatic rings. The molecule has 2 aliphatic heterocycles. The quantitative estimate of drug-likeness (QED) is 0.812. The first kappa shape index (κ1) is 19.1. The third kappa shape index (κ3) is 5.68. The Hall–Kier alpha value is -0.950. The van der Waals surface area contributed by atoms with Crippen LogP contribution in [-0.4, -0.2) is 54.9 Å². The summed E-state index contributed by atoms with van der Waals surface area (Å²) < 4.78 is 26.0. The van der Waals surface area contributed by atoms with Crippen LogP contribution in [0.4, 0.5) is 8.78 Å². The highest BCUT2D eigenvalue weighted by molar-refractivity contribution is 5.85. The minimum atomic E-state index is -2.82. The van der Waals surface area contributed by atoms with Crippen LogP contribution in [0.3, 0.4) is 0 Å². The van der Waals surface area contributed by atoms with Gasteiger partial charge >= 0.3 is 0 Å². The van der Waals surface area contributed by atoms with Crippen LogP contribution in [0.2, 0.25) is 0 Å². The van der Waals surface area contributed by atoms with Crippen molar-refractivity contribution in [2.75, 3.05) is 26.2 Å². The van der Waals surface area contributed by atoms with Gasteiger partial charge in [0, 0.05) is 32.5 Å². The summed E-state index contributed by atoms with van der Waals surface area (Å²) in [5.41, 5.74) is 0. The minimum absolute atomic E-state index is 0. The van der Waals surface area contributed by atoms with Crippen molar-refractivity contribution >= 4 is 24.2 Å². The molecule has 0 bridgehead atoms. The van der Waals surface area contributed by atoms with Crippen molar-refractivity contribution in [2.45, 2.75) is 50.5 Å². The molecule has 2 N–H and O–H groups in total. The van der Waals surface area contributed by atoms with E-state index in [1.165, 1.54) is 0 Å². The van der Waals surface area contributed by atoms with Gasteiger partial charge in [0.05, 0.1) is 12.6 Å². The summed E-state index contributed by atoms with van der Waals surface area (Å²) >= 11 is 0. The SMILES string of the molecule is Cl.O=C(NCCC(=O)N1CCCCCC1)C1CC(F)(F)CN1. The Labute approximate surface area is 135 Å². The monoisotopic (exact) mass is 339 g/mol. The van der Waals surface area contributed by atoms with Crippen LogP contribution >= 0.6 is 12.4 Å². The molecule has 1 atom stereocenters. The topological polar surface area (TPSA) is 61.4 Å². The second kappa shape index (κ2) is 8.62.